The van der Waals surface area contributed by atoms with Crippen LogP contribution in [-0.4, -0.2) is 25.3 Å². The zero-order valence-electron chi connectivity index (χ0n) is 12.0. The fourth-order valence-electron chi connectivity index (χ4n) is 1.93. The summed E-state index contributed by atoms with van der Waals surface area (Å²) in [5.74, 6) is 0.818. The van der Waals surface area contributed by atoms with Crippen LogP contribution in [0.25, 0.3) is 0 Å². The molecule has 0 amide bonds. The molecular formula is C15H22O4. The predicted molar refractivity (Wildman–Crippen MR) is 73.3 cm³/mol. The molecule has 0 spiro atoms. The van der Waals surface area contributed by atoms with Gasteiger partial charge in [-0.05, 0) is 35.6 Å². The van der Waals surface area contributed by atoms with Crippen LogP contribution in [0.5, 0.6) is 5.75 Å². The molecule has 106 valence electrons. The number of aliphatic hydroxyl groups excluding tert-OH is 1. The van der Waals surface area contributed by atoms with Gasteiger partial charge in [-0.1, -0.05) is 19.9 Å². The highest BCUT2D eigenvalue weighted by Gasteiger charge is 2.14. The molecule has 0 bridgehead atoms. The second-order valence-electron chi connectivity index (χ2n) is 4.79. The Hall–Kier alpha value is -1.55. The van der Waals surface area contributed by atoms with E-state index >= 15 is 0 Å². The van der Waals surface area contributed by atoms with Gasteiger partial charge in [0, 0.05) is 6.42 Å². The zero-order valence-corrected chi connectivity index (χ0v) is 12.0. The molecule has 0 heterocycles. The molecule has 0 saturated heterocycles. The normalized spacial score (nSPS) is 12.3. The van der Waals surface area contributed by atoms with E-state index in [4.69, 9.17) is 4.74 Å². The molecule has 1 rings (SSSR count). The number of rotatable bonds is 6. The molecule has 1 unspecified atom stereocenters. The number of esters is 1. The highest BCUT2D eigenvalue weighted by atomic mass is 16.5. The lowest BCUT2D eigenvalue weighted by Gasteiger charge is -2.16. The SMILES string of the molecule is COC(=O)CCC(O)c1ccc(OC)c(C(C)C)c1. The second-order valence-corrected chi connectivity index (χ2v) is 4.79. The third kappa shape index (κ3) is 4.24. The molecule has 0 saturated carbocycles. The van der Waals surface area contributed by atoms with Crippen LogP contribution in [0.15, 0.2) is 18.2 Å². The second kappa shape index (κ2) is 7.14. The first-order valence-corrected chi connectivity index (χ1v) is 6.42. The number of carbonyl (C=O) groups excluding carboxylic acids is 1. The van der Waals surface area contributed by atoms with Crippen molar-refractivity contribution in [3.63, 3.8) is 0 Å². The minimum atomic E-state index is -0.664. The van der Waals surface area contributed by atoms with Crippen molar-refractivity contribution in [3.8, 4) is 5.75 Å². The molecule has 4 heteroatoms. The molecule has 0 aliphatic heterocycles. The monoisotopic (exact) mass is 266 g/mol. The fourth-order valence-corrected chi connectivity index (χ4v) is 1.93. The van der Waals surface area contributed by atoms with Crippen molar-refractivity contribution in [2.24, 2.45) is 0 Å². The van der Waals surface area contributed by atoms with Crippen LogP contribution in [0, 0.1) is 0 Å². The van der Waals surface area contributed by atoms with Crippen LogP contribution in [0.3, 0.4) is 0 Å². The Morgan fingerprint density at radius 3 is 2.53 bits per heavy atom. The first-order valence-electron chi connectivity index (χ1n) is 6.42. The third-order valence-electron chi connectivity index (χ3n) is 3.11. The lowest BCUT2D eigenvalue weighted by molar-refractivity contribution is -0.141. The number of hydrogen-bond acceptors (Lipinski definition) is 4. The van der Waals surface area contributed by atoms with Gasteiger partial charge >= 0.3 is 5.97 Å². The Morgan fingerprint density at radius 1 is 1.32 bits per heavy atom. The van der Waals surface area contributed by atoms with Crippen LogP contribution in [0.2, 0.25) is 0 Å². The highest BCUT2D eigenvalue weighted by Crippen LogP contribution is 2.30. The maximum atomic E-state index is 11.1. The van der Waals surface area contributed by atoms with Gasteiger partial charge in [0.05, 0.1) is 20.3 Å². The minimum Gasteiger partial charge on any atom is -0.496 e. The summed E-state index contributed by atoms with van der Waals surface area (Å²) in [7, 11) is 2.98. The fraction of sp³-hybridized carbons (Fsp3) is 0.533. The Morgan fingerprint density at radius 2 is 2.00 bits per heavy atom. The van der Waals surface area contributed by atoms with Crippen LogP contribution in [-0.2, 0) is 9.53 Å². The maximum Gasteiger partial charge on any atom is 0.305 e. The van der Waals surface area contributed by atoms with Crippen molar-refractivity contribution >= 4 is 5.97 Å². The van der Waals surface area contributed by atoms with Crippen LogP contribution >= 0.6 is 0 Å². The number of ether oxygens (including phenoxy) is 2. The minimum absolute atomic E-state index is 0.209. The van der Waals surface area contributed by atoms with E-state index in [-0.39, 0.29) is 12.4 Å². The van der Waals surface area contributed by atoms with E-state index in [0.29, 0.717) is 12.3 Å². The van der Waals surface area contributed by atoms with Gasteiger partial charge in [-0.25, -0.2) is 0 Å². The van der Waals surface area contributed by atoms with Crippen molar-refractivity contribution in [2.75, 3.05) is 14.2 Å². The molecule has 1 aromatic carbocycles. The number of carbonyl (C=O) groups is 1. The summed E-state index contributed by atoms with van der Waals surface area (Å²) in [5, 5.41) is 10.1. The molecule has 1 aromatic rings. The van der Waals surface area contributed by atoms with Gasteiger partial charge in [0.15, 0.2) is 0 Å². The van der Waals surface area contributed by atoms with Crippen molar-refractivity contribution in [1.82, 2.24) is 0 Å². The Labute approximate surface area is 114 Å². The average Bonchev–Trinajstić information content (AvgIpc) is 2.43. The number of aliphatic hydroxyl groups is 1. The van der Waals surface area contributed by atoms with Gasteiger partial charge < -0.3 is 14.6 Å². The molecule has 1 atom stereocenters. The first-order chi connectivity index (χ1) is 8.99. The first kappa shape index (κ1) is 15.5. The summed E-state index contributed by atoms with van der Waals surface area (Å²) < 4.78 is 9.87. The smallest absolute Gasteiger partial charge is 0.305 e. The summed E-state index contributed by atoms with van der Waals surface area (Å²) in [6, 6.07) is 5.62. The van der Waals surface area contributed by atoms with E-state index in [1.807, 2.05) is 18.2 Å². The highest BCUT2D eigenvalue weighted by molar-refractivity contribution is 5.69. The van der Waals surface area contributed by atoms with Gasteiger partial charge in [-0.3, -0.25) is 4.79 Å². The third-order valence-corrected chi connectivity index (χ3v) is 3.11. The molecule has 19 heavy (non-hydrogen) atoms. The molecular weight excluding hydrogens is 244 g/mol. The van der Waals surface area contributed by atoms with Gasteiger partial charge in [0.2, 0.25) is 0 Å². The van der Waals surface area contributed by atoms with Crippen LogP contribution < -0.4 is 4.74 Å². The zero-order chi connectivity index (χ0) is 14.4. The van der Waals surface area contributed by atoms with Gasteiger partial charge in [0.25, 0.3) is 0 Å². The topological polar surface area (TPSA) is 55.8 Å². The van der Waals surface area contributed by atoms with E-state index in [1.165, 1.54) is 7.11 Å². The summed E-state index contributed by atoms with van der Waals surface area (Å²) in [4.78, 5) is 11.1. The lowest BCUT2D eigenvalue weighted by Crippen LogP contribution is -2.06. The molecule has 1 N–H and O–H groups in total. The van der Waals surface area contributed by atoms with Gasteiger partial charge in [-0.2, -0.15) is 0 Å². The quantitative estimate of drug-likeness (QED) is 0.804. The van der Waals surface area contributed by atoms with Gasteiger partial charge in [-0.15, -0.1) is 0 Å². The Bertz CT molecular complexity index is 426. The van der Waals surface area contributed by atoms with Crippen molar-refractivity contribution in [3.05, 3.63) is 29.3 Å². The van der Waals surface area contributed by atoms with E-state index in [9.17, 15) is 9.90 Å². The average molecular weight is 266 g/mol. The van der Waals surface area contributed by atoms with Gasteiger partial charge in [0.1, 0.15) is 5.75 Å². The van der Waals surface area contributed by atoms with Crippen molar-refractivity contribution in [1.29, 1.82) is 0 Å². The maximum absolute atomic E-state index is 11.1. The number of benzene rings is 1. The number of methoxy groups -OCH3 is 2. The largest absolute Gasteiger partial charge is 0.496 e. The standard InChI is InChI=1S/C15H22O4/c1-10(2)12-9-11(5-7-14(12)18-3)13(16)6-8-15(17)19-4/h5,7,9-10,13,16H,6,8H2,1-4H3. The molecule has 0 aliphatic carbocycles. The summed E-state index contributed by atoms with van der Waals surface area (Å²) in [6.07, 6.45) is -0.0976. The Kier molecular flexibility index (Phi) is 5.83. The van der Waals surface area contributed by atoms with Crippen LogP contribution in [0.4, 0.5) is 0 Å². The molecule has 4 nitrogen and oxygen atoms in total. The van der Waals surface area contributed by atoms with Crippen molar-refractivity contribution < 1.29 is 19.4 Å². The van der Waals surface area contributed by atoms with E-state index in [0.717, 1.165) is 16.9 Å². The van der Waals surface area contributed by atoms with E-state index in [2.05, 4.69) is 18.6 Å². The van der Waals surface area contributed by atoms with E-state index < -0.39 is 6.10 Å². The summed E-state index contributed by atoms with van der Waals surface area (Å²) in [6.45, 7) is 4.14. The summed E-state index contributed by atoms with van der Waals surface area (Å²) >= 11 is 0. The molecule has 0 aliphatic rings. The molecule has 0 fully saturated rings. The van der Waals surface area contributed by atoms with Crippen molar-refractivity contribution in [2.45, 2.75) is 38.7 Å². The summed E-state index contributed by atoms with van der Waals surface area (Å²) in [5.41, 5.74) is 1.85. The molecule has 0 aromatic heterocycles. The van der Waals surface area contributed by atoms with E-state index in [1.54, 1.807) is 7.11 Å². The Balaban J connectivity index is 2.83. The predicted octanol–water partition coefficient (Wildman–Crippen LogP) is 2.81. The van der Waals surface area contributed by atoms with Crippen LogP contribution in [0.1, 0.15) is 49.8 Å². The lowest BCUT2D eigenvalue weighted by atomic mass is 9.96. The number of hydrogen-bond donors (Lipinski definition) is 1. The molecule has 0 radical (unpaired) electrons.